The summed E-state index contributed by atoms with van der Waals surface area (Å²) in [5, 5.41) is 9.14. The number of rotatable bonds is 12. The maximum absolute atomic E-state index is 14.0. The molecule has 3 aliphatic heterocycles. The molecule has 0 aliphatic carbocycles. The number of thioether (sulfide) groups is 1. The van der Waals surface area contributed by atoms with Crippen molar-refractivity contribution in [3.8, 4) is 0 Å². The largest absolute Gasteiger partial charge is 0.461 e. The third kappa shape index (κ3) is 4.36. The first-order valence-corrected chi connectivity index (χ1v) is 12.8. The molecule has 3 aliphatic rings. The minimum absolute atomic E-state index is 0.0372. The van der Waals surface area contributed by atoms with Crippen LogP contribution in [0.4, 0.5) is 0 Å². The molecule has 1 spiro atoms. The number of amides is 2. The minimum atomic E-state index is -0.633. The minimum Gasteiger partial charge on any atom is -0.461 e. The van der Waals surface area contributed by atoms with Gasteiger partial charge in [-0.05, 0) is 52.9 Å². The van der Waals surface area contributed by atoms with Gasteiger partial charge in [-0.1, -0.05) is 18.7 Å². The number of aliphatic hydroxyl groups is 1. The van der Waals surface area contributed by atoms with Crippen molar-refractivity contribution in [2.24, 2.45) is 11.8 Å². The number of ether oxygens (including phenoxy) is 1. The summed E-state index contributed by atoms with van der Waals surface area (Å²) in [5.41, 5.74) is 0. The topological polar surface area (TPSA) is 87.1 Å². The molecular weight excluding hydrogens is 440 g/mol. The van der Waals surface area contributed by atoms with E-state index in [2.05, 4.69) is 13.2 Å². The van der Waals surface area contributed by atoms with Gasteiger partial charge in [0.05, 0.1) is 16.6 Å². The molecule has 0 aromatic heterocycles. The van der Waals surface area contributed by atoms with E-state index in [4.69, 9.17) is 9.84 Å². The summed E-state index contributed by atoms with van der Waals surface area (Å²) in [6.07, 6.45) is 6.87. The monoisotopic (exact) mass is 478 g/mol. The fraction of sp³-hybridized carbons (Fsp3) is 0.720. The van der Waals surface area contributed by atoms with E-state index in [0.717, 1.165) is 19.3 Å². The van der Waals surface area contributed by atoms with Gasteiger partial charge in [-0.25, -0.2) is 0 Å². The SMILES string of the molecule is C=CCOC(=O)[C@H]1[C@H]2C(=O)N(CCCCCO)C(C(=O)N(CC=C)C(C)C)C23CC[C@]1(C)S3. The van der Waals surface area contributed by atoms with E-state index >= 15 is 0 Å². The molecule has 184 valence electrons. The zero-order chi connectivity index (χ0) is 24.4. The van der Waals surface area contributed by atoms with Crippen LogP contribution in [-0.4, -0.2) is 80.6 Å². The Balaban J connectivity index is 2.01. The molecular formula is C25H38N2O5S. The highest BCUT2D eigenvalue weighted by Crippen LogP contribution is 2.71. The van der Waals surface area contributed by atoms with Gasteiger partial charge in [0.2, 0.25) is 11.8 Å². The van der Waals surface area contributed by atoms with E-state index in [1.54, 1.807) is 27.6 Å². The molecule has 8 heteroatoms. The van der Waals surface area contributed by atoms with Crippen LogP contribution in [0.15, 0.2) is 25.3 Å². The van der Waals surface area contributed by atoms with Crippen molar-refractivity contribution in [3.63, 3.8) is 0 Å². The Morgan fingerprint density at radius 2 is 2.00 bits per heavy atom. The summed E-state index contributed by atoms with van der Waals surface area (Å²) in [4.78, 5) is 44.5. The van der Waals surface area contributed by atoms with E-state index in [0.29, 0.717) is 25.9 Å². The standard InChI is InChI=1S/C25H38N2O5S/c1-6-13-26(17(3)4)22(30)20-25-12-11-24(5,33-25)19(23(31)32-16-7-2)18(25)21(29)27(20)14-9-8-10-15-28/h6-7,17-20,28H,1-2,8-16H2,3-5H3/t18-,19+,20?,24-,25?/m0/s1. The highest BCUT2D eigenvalue weighted by atomic mass is 32.2. The quantitative estimate of drug-likeness (QED) is 0.264. The third-order valence-electron chi connectivity index (χ3n) is 7.40. The number of nitrogens with zero attached hydrogens (tertiary/aromatic N) is 2. The number of fused-ring (bicyclic) bond motifs is 1. The van der Waals surface area contributed by atoms with Crippen molar-refractivity contribution < 1.29 is 24.2 Å². The molecule has 33 heavy (non-hydrogen) atoms. The van der Waals surface area contributed by atoms with E-state index in [1.165, 1.54) is 6.08 Å². The number of hydrogen-bond acceptors (Lipinski definition) is 6. The molecule has 3 fully saturated rings. The van der Waals surface area contributed by atoms with E-state index in [1.807, 2.05) is 20.8 Å². The summed E-state index contributed by atoms with van der Waals surface area (Å²) in [6.45, 7) is 14.5. The van der Waals surface area contributed by atoms with Crippen LogP contribution >= 0.6 is 11.8 Å². The fourth-order valence-electron chi connectivity index (χ4n) is 5.96. The first-order chi connectivity index (χ1) is 15.7. The van der Waals surface area contributed by atoms with Gasteiger partial charge in [-0.2, -0.15) is 0 Å². The first-order valence-electron chi connectivity index (χ1n) is 12.0. The molecule has 2 amide bonds. The summed E-state index contributed by atoms with van der Waals surface area (Å²) in [5.74, 6) is -1.70. The van der Waals surface area contributed by atoms with Gasteiger partial charge in [0.25, 0.3) is 0 Å². The number of hydrogen-bond donors (Lipinski definition) is 1. The van der Waals surface area contributed by atoms with Crippen LogP contribution in [0.2, 0.25) is 0 Å². The second-order valence-corrected chi connectivity index (χ2v) is 11.7. The zero-order valence-corrected chi connectivity index (χ0v) is 20.9. The average Bonchev–Trinajstić information content (AvgIpc) is 3.33. The van der Waals surface area contributed by atoms with Crippen LogP contribution in [0.5, 0.6) is 0 Å². The Labute approximate surface area is 201 Å². The molecule has 2 bridgehead atoms. The molecule has 3 saturated heterocycles. The van der Waals surface area contributed by atoms with Crippen LogP contribution < -0.4 is 0 Å². The smallest absolute Gasteiger partial charge is 0.311 e. The normalized spacial score (nSPS) is 32.2. The number of aliphatic hydroxyl groups excluding tert-OH is 1. The van der Waals surface area contributed by atoms with Crippen molar-refractivity contribution in [1.29, 1.82) is 0 Å². The molecule has 1 N–H and O–H groups in total. The Morgan fingerprint density at radius 1 is 1.27 bits per heavy atom. The molecule has 3 rings (SSSR count). The molecule has 0 aromatic rings. The lowest BCUT2D eigenvalue weighted by atomic mass is 9.66. The van der Waals surface area contributed by atoms with E-state index in [9.17, 15) is 14.4 Å². The lowest BCUT2D eigenvalue weighted by molar-refractivity contribution is -0.154. The van der Waals surface area contributed by atoms with Crippen molar-refractivity contribution in [1.82, 2.24) is 9.80 Å². The molecule has 7 nitrogen and oxygen atoms in total. The fourth-order valence-corrected chi connectivity index (χ4v) is 8.30. The van der Waals surface area contributed by atoms with E-state index < -0.39 is 27.4 Å². The Kier molecular flexibility index (Phi) is 7.99. The first kappa shape index (κ1) is 25.8. The molecule has 0 saturated carbocycles. The second-order valence-electron chi connectivity index (χ2n) is 9.84. The predicted octanol–water partition coefficient (Wildman–Crippen LogP) is 2.78. The highest BCUT2D eigenvalue weighted by molar-refractivity contribution is 8.02. The Morgan fingerprint density at radius 3 is 2.61 bits per heavy atom. The number of unbranched alkanes of at least 4 members (excludes halogenated alkanes) is 2. The highest BCUT2D eigenvalue weighted by Gasteiger charge is 2.77. The summed E-state index contributed by atoms with van der Waals surface area (Å²) < 4.78 is 4.37. The maximum Gasteiger partial charge on any atom is 0.311 e. The average molecular weight is 479 g/mol. The maximum atomic E-state index is 14.0. The number of carbonyl (C=O) groups excluding carboxylic acids is 3. The van der Waals surface area contributed by atoms with Crippen LogP contribution in [0.3, 0.4) is 0 Å². The Bertz CT molecular complexity index is 802. The summed E-state index contributed by atoms with van der Waals surface area (Å²) in [6, 6.07) is -0.652. The van der Waals surface area contributed by atoms with E-state index in [-0.39, 0.29) is 37.0 Å². The summed E-state index contributed by atoms with van der Waals surface area (Å²) >= 11 is 1.65. The van der Waals surface area contributed by atoms with Crippen molar-refractivity contribution in [3.05, 3.63) is 25.3 Å². The van der Waals surface area contributed by atoms with Gasteiger partial charge in [0.1, 0.15) is 12.6 Å². The number of esters is 1. The molecule has 2 unspecified atom stereocenters. The van der Waals surface area contributed by atoms with Crippen LogP contribution in [0.1, 0.15) is 52.9 Å². The third-order valence-corrected chi connectivity index (χ3v) is 9.38. The van der Waals surface area contributed by atoms with Crippen LogP contribution in [0, 0.1) is 11.8 Å². The van der Waals surface area contributed by atoms with Gasteiger partial charge in [-0.15, -0.1) is 18.3 Å². The molecule has 0 radical (unpaired) electrons. The second kappa shape index (κ2) is 10.2. The van der Waals surface area contributed by atoms with Crippen molar-refractivity contribution in [2.45, 2.75) is 74.5 Å². The molecule has 0 aromatic carbocycles. The van der Waals surface area contributed by atoms with Crippen molar-refractivity contribution in [2.75, 3.05) is 26.3 Å². The number of carbonyl (C=O) groups is 3. The molecule has 5 atom stereocenters. The zero-order valence-electron chi connectivity index (χ0n) is 20.1. The van der Waals surface area contributed by atoms with Gasteiger partial charge >= 0.3 is 5.97 Å². The van der Waals surface area contributed by atoms with Gasteiger partial charge in [0, 0.05) is 30.5 Å². The van der Waals surface area contributed by atoms with Gasteiger partial charge in [-0.3, -0.25) is 14.4 Å². The lowest BCUT2D eigenvalue weighted by Gasteiger charge is -2.38. The Hall–Kier alpha value is -1.80. The number of likely N-dealkylation sites (tertiary alicyclic amines) is 1. The van der Waals surface area contributed by atoms with Gasteiger partial charge < -0.3 is 19.6 Å². The molecule has 3 heterocycles. The van der Waals surface area contributed by atoms with Crippen molar-refractivity contribution >= 4 is 29.5 Å². The lowest BCUT2D eigenvalue weighted by Crippen LogP contribution is -2.56. The van der Waals surface area contributed by atoms with Gasteiger partial charge in [0.15, 0.2) is 0 Å². The predicted molar refractivity (Wildman–Crippen MR) is 130 cm³/mol. The van der Waals surface area contributed by atoms with Crippen LogP contribution in [0.25, 0.3) is 0 Å². The summed E-state index contributed by atoms with van der Waals surface area (Å²) in [7, 11) is 0. The van der Waals surface area contributed by atoms with Crippen LogP contribution in [-0.2, 0) is 19.1 Å².